The fraction of sp³-hybridized carbons (Fsp3) is 0.304. The molecule has 1 amide bonds. The van der Waals surface area contributed by atoms with E-state index >= 15 is 0 Å². The number of nitrogens with zero attached hydrogens (tertiary/aromatic N) is 2. The first kappa shape index (κ1) is 20.2. The predicted octanol–water partition coefficient (Wildman–Crippen LogP) is 5.70. The molecule has 2 aromatic heterocycles. The number of carbonyl (C=O) groups is 1. The van der Waals surface area contributed by atoms with Crippen LogP contribution in [0.5, 0.6) is 0 Å². The number of pyridine rings is 1. The Hall–Kier alpha value is -2.53. The lowest BCUT2D eigenvalue weighted by molar-refractivity contribution is 0.0748. The van der Waals surface area contributed by atoms with Gasteiger partial charge in [-0.2, -0.15) is 0 Å². The second kappa shape index (κ2) is 8.23. The molecule has 3 rings (SSSR count). The van der Waals surface area contributed by atoms with Crippen molar-refractivity contribution >= 4 is 17.7 Å². The lowest BCUT2D eigenvalue weighted by Gasteiger charge is -2.20. The largest absolute Gasteiger partial charge is 0.444 e. The highest BCUT2D eigenvalue weighted by molar-refractivity contribution is 7.99. The molecule has 2 heterocycles. The Kier molecular flexibility index (Phi) is 5.94. The molecule has 0 unspecified atom stereocenters. The molecular weight excluding hydrogens is 368 g/mol. The Morgan fingerprint density at radius 3 is 2.64 bits per heavy atom. The van der Waals surface area contributed by atoms with Crippen molar-refractivity contribution < 1.29 is 9.21 Å². The molecule has 0 saturated heterocycles. The summed E-state index contributed by atoms with van der Waals surface area (Å²) in [6, 6.07) is 13.9. The monoisotopic (exact) mass is 394 g/mol. The molecule has 0 atom stereocenters. The Balaban J connectivity index is 1.73. The zero-order chi connectivity index (χ0) is 20.3. The van der Waals surface area contributed by atoms with Crippen LogP contribution in [0, 0.1) is 6.92 Å². The van der Waals surface area contributed by atoms with E-state index in [2.05, 4.69) is 50.9 Å². The quantitative estimate of drug-likeness (QED) is 0.556. The summed E-state index contributed by atoms with van der Waals surface area (Å²) in [6.07, 6.45) is 3.48. The molecule has 146 valence electrons. The number of hydrogen-bond donors (Lipinski definition) is 0. The molecule has 0 bridgehead atoms. The van der Waals surface area contributed by atoms with Gasteiger partial charge in [0, 0.05) is 30.9 Å². The molecule has 4 nitrogen and oxygen atoms in total. The van der Waals surface area contributed by atoms with E-state index in [0.29, 0.717) is 17.4 Å². The third-order valence-electron chi connectivity index (χ3n) is 4.55. The molecule has 0 fully saturated rings. The molecule has 0 saturated carbocycles. The Bertz CT molecular complexity index is 958. The SMILES string of the molecule is Cc1ccc(C(C)(C)C)cc1Sc1ccc(C(=O)N(C)Cc2cccnc2)o1. The van der Waals surface area contributed by atoms with Gasteiger partial charge in [0.25, 0.3) is 5.91 Å². The van der Waals surface area contributed by atoms with Crippen LogP contribution in [0.15, 0.2) is 69.3 Å². The van der Waals surface area contributed by atoms with Crippen LogP contribution >= 0.6 is 11.8 Å². The third kappa shape index (κ3) is 4.84. The van der Waals surface area contributed by atoms with Gasteiger partial charge in [-0.25, -0.2) is 0 Å². The smallest absolute Gasteiger partial charge is 0.289 e. The van der Waals surface area contributed by atoms with Crippen LogP contribution in [0.3, 0.4) is 0 Å². The zero-order valence-corrected chi connectivity index (χ0v) is 17.8. The fourth-order valence-electron chi connectivity index (χ4n) is 2.80. The molecule has 0 aliphatic rings. The average molecular weight is 395 g/mol. The molecule has 0 aliphatic heterocycles. The van der Waals surface area contributed by atoms with Gasteiger partial charge in [-0.3, -0.25) is 9.78 Å². The number of aryl methyl sites for hydroxylation is 1. The topological polar surface area (TPSA) is 46.3 Å². The fourth-order valence-corrected chi connectivity index (χ4v) is 3.70. The summed E-state index contributed by atoms with van der Waals surface area (Å²) in [5.74, 6) is 0.203. The van der Waals surface area contributed by atoms with Crippen molar-refractivity contribution in [1.82, 2.24) is 9.88 Å². The van der Waals surface area contributed by atoms with Crippen molar-refractivity contribution in [3.63, 3.8) is 0 Å². The molecular formula is C23H26N2O2S. The van der Waals surface area contributed by atoms with Gasteiger partial charge < -0.3 is 9.32 Å². The minimum Gasteiger partial charge on any atom is -0.444 e. The molecule has 5 heteroatoms. The summed E-state index contributed by atoms with van der Waals surface area (Å²) in [5.41, 5.74) is 3.53. The molecule has 0 spiro atoms. The van der Waals surface area contributed by atoms with Gasteiger partial charge in [0.15, 0.2) is 10.9 Å². The Labute approximate surface area is 171 Å². The summed E-state index contributed by atoms with van der Waals surface area (Å²) >= 11 is 1.55. The lowest BCUT2D eigenvalue weighted by atomic mass is 9.87. The molecule has 0 radical (unpaired) electrons. The highest BCUT2D eigenvalue weighted by Crippen LogP contribution is 2.35. The van der Waals surface area contributed by atoms with Crippen LogP contribution in [0.25, 0.3) is 0 Å². The van der Waals surface area contributed by atoms with Crippen molar-refractivity contribution in [2.24, 2.45) is 0 Å². The van der Waals surface area contributed by atoms with E-state index in [0.717, 1.165) is 10.5 Å². The van der Waals surface area contributed by atoms with Crippen LogP contribution in [0.4, 0.5) is 0 Å². The van der Waals surface area contributed by atoms with E-state index in [1.807, 2.05) is 18.2 Å². The van der Waals surface area contributed by atoms with E-state index in [-0.39, 0.29) is 11.3 Å². The maximum absolute atomic E-state index is 12.7. The molecule has 1 aromatic carbocycles. The maximum Gasteiger partial charge on any atom is 0.289 e. The van der Waals surface area contributed by atoms with Crippen molar-refractivity contribution in [3.8, 4) is 0 Å². The van der Waals surface area contributed by atoms with Crippen LogP contribution in [0.1, 0.15) is 48.0 Å². The number of aromatic nitrogens is 1. The van der Waals surface area contributed by atoms with E-state index in [1.165, 1.54) is 11.1 Å². The molecule has 28 heavy (non-hydrogen) atoms. The van der Waals surface area contributed by atoms with Crippen LogP contribution in [-0.2, 0) is 12.0 Å². The van der Waals surface area contributed by atoms with Gasteiger partial charge in [-0.05, 0) is 53.3 Å². The van der Waals surface area contributed by atoms with E-state index < -0.39 is 0 Å². The normalized spacial score (nSPS) is 11.5. The molecule has 0 N–H and O–H groups in total. The average Bonchev–Trinajstić information content (AvgIpc) is 3.11. The highest BCUT2D eigenvalue weighted by Gasteiger charge is 2.19. The summed E-state index contributed by atoms with van der Waals surface area (Å²) in [6.45, 7) is 9.18. The van der Waals surface area contributed by atoms with Crippen molar-refractivity contribution in [3.05, 3.63) is 77.3 Å². The zero-order valence-electron chi connectivity index (χ0n) is 17.0. The maximum atomic E-state index is 12.7. The van der Waals surface area contributed by atoms with Gasteiger partial charge in [0.05, 0.1) is 0 Å². The van der Waals surface area contributed by atoms with Crippen molar-refractivity contribution in [1.29, 1.82) is 0 Å². The van der Waals surface area contributed by atoms with Gasteiger partial charge in [0.1, 0.15) is 0 Å². The van der Waals surface area contributed by atoms with E-state index in [1.54, 1.807) is 42.2 Å². The number of rotatable bonds is 5. The Morgan fingerprint density at radius 2 is 1.96 bits per heavy atom. The first-order valence-electron chi connectivity index (χ1n) is 9.27. The van der Waals surface area contributed by atoms with Crippen LogP contribution in [-0.4, -0.2) is 22.8 Å². The second-order valence-corrected chi connectivity index (χ2v) is 9.02. The third-order valence-corrected chi connectivity index (χ3v) is 5.63. The minimum absolute atomic E-state index is 0.0856. The summed E-state index contributed by atoms with van der Waals surface area (Å²) in [7, 11) is 1.77. The summed E-state index contributed by atoms with van der Waals surface area (Å²) in [4.78, 5) is 19.5. The lowest BCUT2D eigenvalue weighted by Crippen LogP contribution is -2.25. The van der Waals surface area contributed by atoms with Crippen LogP contribution in [0.2, 0.25) is 0 Å². The summed E-state index contributed by atoms with van der Waals surface area (Å²) < 4.78 is 5.84. The van der Waals surface area contributed by atoms with Crippen molar-refractivity contribution in [2.75, 3.05) is 7.05 Å². The first-order chi connectivity index (χ1) is 13.2. The van der Waals surface area contributed by atoms with Gasteiger partial charge in [0.2, 0.25) is 0 Å². The predicted molar refractivity (Wildman–Crippen MR) is 113 cm³/mol. The first-order valence-corrected chi connectivity index (χ1v) is 10.1. The number of furan rings is 1. The van der Waals surface area contributed by atoms with E-state index in [4.69, 9.17) is 4.42 Å². The molecule has 3 aromatic rings. The Morgan fingerprint density at radius 1 is 1.18 bits per heavy atom. The van der Waals surface area contributed by atoms with Gasteiger partial charge in [-0.15, -0.1) is 0 Å². The molecule has 0 aliphatic carbocycles. The standard InChI is InChI=1S/C23H26N2O2S/c1-16-8-9-18(23(2,3)4)13-20(16)28-21-11-10-19(27-21)22(26)25(5)15-17-7-6-12-24-14-17/h6-14H,15H2,1-5H3. The van der Waals surface area contributed by atoms with Gasteiger partial charge >= 0.3 is 0 Å². The highest BCUT2D eigenvalue weighted by atomic mass is 32.2. The minimum atomic E-state index is -0.143. The van der Waals surface area contributed by atoms with Crippen molar-refractivity contribution in [2.45, 2.75) is 49.6 Å². The number of hydrogen-bond acceptors (Lipinski definition) is 4. The van der Waals surface area contributed by atoms with Crippen LogP contribution < -0.4 is 0 Å². The summed E-state index contributed by atoms with van der Waals surface area (Å²) in [5, 5.41) is 0.715. The number of carbonyl (C=O) groups excluding carboxylic acids is 1. The van der Waals surface area contributed by atoms with E-state index in [9.17, 15) is 4.79 Å². The van der Waals surface area contributed by atoms with Gasteiger partial charge in [-0.1, -0.05) is 50.7 Å². The second-order valence-electron chi connectivity index (χ2n) is 7.97. The number of amides is 1. The number of benzene rings is 1.